The summed E-state index contributed by atoms with van der Waals surface area (Å²) in [5.41, 5.74) is 0. The Morgan fingerprint density at radius 1 is 1.53 bits per heavy atom. The molecule has 0 aromatic carbocycles. The van der Waals surface area contributed by atoms with Crippen molar-refractivity contribution in [2.45, 2.75) is 6.54 Å². The molecule has 0 fully saturated rings. The predicted molar refractivity (Wildman–Crippen MR) is 68.7 cm³/mol. The number of nitrogens with zero attached hydrogens (tertiary/aromatic N) is 2. The van der Waals surface area contributed by atoms with Gasteiger partial charge < -0.3 is 4.90 Å². The predicted octanol–water partition coefficient (Wildman–Crippen LogP) is 3.55. The van der Waals surface area contributed by atoms with Gasteiger partial charge in [0.2, 0.25) is 5.13 Å². The fourth-order valence-corrected chi connectivity index (χ4v) is 3.10. The Kier molecular flexibility index (Phi) is 3.40. The van der Waals surface area contributed by atoms with Crippen molar-refractivity contribution in [3.8, 4) is 0 Å². The number of nitrogens with one attached hydrogen (secondary N) is 1. The molecule has 3 nitrogen and oxygen atoms in total. The number of rotatable bonds is 3. The fraction of sp³-hybridized carbons (Fsp3) is 0.250. The van der Waals surface area contributed by atoms with E-state index in [1.165, 1.54) is 16.2 Å². The second-order valence-electron chi connectivity index (χ2n) is 2.96. The molecule has 0 radical (unpaired) electrons. The number of aromatic nitrogens is 2. The maximum atomic E-state index is 5.86. The molecule has 0 aliphatic heterocycles. The molecule has 2 heterocycles. The second kappa shape index (κ2) is 4.61. The standard InChI is InChI=1S/C8H8ClN3S3/c1-12(7-10-11-8(13)15-7)4-5-2-3-6(9)14-5/h2-3H,4H2,1H3,(H,11,13). The van der Waals surface area contributed by atoms with Crippen LogP contribution < -0.4 is 4.90 Å². The van der Waals surface area contributed by atoms with Crippen LogP contribution in [0.4, 0.5) is 5.13 Å². The summed E-state index contributed by atoms with van der Waals surface area (Å²) >= 11 is 13.9. The number of aromatic amines is 1. The molecule has 0 saturated heterocycles. The molecule has 1 N–H and O–H groups in total. The molecule has 0 bridgehead atoms. The van der Waals surface area contributed by atoms with Gasteiger partial charge in [-0.25, -0.2) is 0 Å². The normalized spacial score (nSPS) is 10.5. The van der Waals surface area contributed by atoms with Gasteiger partial charge in [0.15, 0.2) is 3.95 Å². The largest absolute Gasteiger partial charge is 0.345 e. The Morgan fingerprint density at radius 2 is 2.33 bits per heavy atom. The van der Waals surface area contributed by atoms with Gasteiger partial charge in [-0.1, -0.05) is 22.9 Å². The van der Waals surface area contributed by atoms with Crippen molar-refractivity contribution >= 4 is 51.6 Å². The van der Waals surface area contributed by atoms with Crippen LogP contribution >= 0.6 is 46.5 Å². The fourth-order valence-electron chi connectivity index (χ4n) is 1.12. The highest BCUT2D eigenvalue weighted by Gasteiger charge is 2.07. The van der Waals surface area contributed by atoms with E-state index in [0.717, 1.165) is 16.0 Å². The second-order valence-corrected chi connectivity index (χ2v) is 6.40. The summed E-state index contributed by atoms with van der Waals surface area (Å²) in [6.45, 7) is 0.799. The topological polar surface area (TPSA) is 31.9 Å². The molecule has 2 aromatic heterocycles. The van der Waals surface area contributed by atoms with E-state index in [4.69, 9.17) is 23.8 Å². The Hall–Kier alpha value is -0.430. The lowest BCUT2D eigenvalue weighted by Gasteiger charge is -2.12. The van der Waals surface area contributed by atoms with E-state index in [9.17, 15) is 0 Å². The molecular weight excluding hydrogens is 270 g/mol. The molecule has 15 heavy (non-hydrogen) atoms. The van der Waals surface area contributed by atoms with Gasteiger partial charge in [0.1, 0.15) is 0 Å². The van der Waals surface area contributed by atoms with Crippen molar-refractivity contribution in [1.29, 1.82) is 0 Å². The third-order valence-corrected chi connectivity index (χ3v) is 4.19. The van der Waals surface area contributed by atoms with Crippen LogP contribution in [0.3, 0.4) is 0 Å². The first kappa shape index (κ1) is 11.1. The maximum Gasteiger partial charge on any atom is 0.206 e. The molecule has 0 aliphatic rings. The summed E-state index contributed by atoms with van der Waals surface area (Å²) < 4.78 is 1.51. The Bertz CT molecular complexity index is 501. The summed E-state index contributed by atoms with van der Waals surface area (Å²) in [4.78, 5) is 3.25. The molecule has 0 aliphatic carbocycles. The highest BCUT2D eigenvalue weighted by atomic mass is 35.5. The van der Waals surface area contributed by atoms with Crippen molar-refractivity contribution < 1.29 is 0 Å². The molecule has 80 valence electrons. The van der Waals surface area contributed by atoms with Crippen LogP contribution in [0.15, 0.2) is 12.1 Å². The van der Waals surface area contributed by atoms with Gasteiger partial charge in [-0.15, -0.1) is 16.4 Å². The maximum absolute atomic E-state index is 5.86. The highest BCUT2D eigenvalue weighted by Crippen LogP contribution is 2.24. The lowest BCUT2D eigenvalue weighted by Crippen LogP contribution is -2.15. The zero-order chi connectivity index (χ0) is 10.8. The molecule has 0 amide bonds. The summed E-state index contributed by atoms with van der Waals surface area (Å²) in [5.74, 6) is 0. The van der Waals surface area contributed by atoms with Crippen molar-refractivity contribution in [3.05, 3.63) is 25.3 Å². The van der Waals surface area contributed by atoms with Crippen LogP contribution in [0.25, 0.3) is 0 Å². The van der Waals surface area contributed by atoms with Crippen molar-refractivity contribution in [3.63, 3.8) is 0 Å². The van der Waals surface area contributed by atoms with E-state index >= 15 is 0 Å². The molecular formula is C8H8ClN3S3. The van der Waals surface area contributed by atoms with Gasteiger partial charge in [0.25, 0.3) is 0 Å². The number of thiophene rings is 1. The monoisotopic (exact) mass is 277 g/mol. The smallest absolute Gasteiger partial charge is 0.206 e. The number of H-pyrrole nitrogens is 1. The first-order chi connectivity index (χ1) is 7.15. The first-order valence-corrected chi connectivity index (χ1v) is 6.58. The Morgan fingerprint density at radius 3 is 2.87 bits per heavy atom. The quantitative estimate of drug-likeness (QED) is 0.871. The average molecular weight is 278 g/mol. The zero-order valence-corrected chi connectivity index (χ0v) is 11.1. The van der Waals surface area contributed by atoms with Crippen LogP contribution in [0.1, 0.15) is 4.88 Å². The molecule has 0 atom stereocenters. The molecule has 0 spiro atoms. The van der Waals surface area contributed by atoms with E-state index in [2.05, 4.69) is 10.2 Å². The van der Waals surface area contributed by atoms with E-state index in [1.54, 1.807) is 11.3 Å². The van der Waals surface area contributed by atoms with Gasteiger partial charge in [0.05, 0.1) is 10.9 Å². The Balaban J connectivity index is 2.10. The number of anilines is 1. The Labute approximate surface area is 105 Å². The van der Waals surface area contributed by atoms with E-state index in [-0.39, 0.29) is 0 Å². The van der Waals surface area contributed by atoms with Gasteiger partial charge in [0, 0.05) is 11.9 Å². The van der Waals surface area contributed by atoms with Crippen molar-refractivity contribution in [2.24, 2.45) is 0 Å². The molecule has 2 aromatic rings. The molecule has 2 rings (SSSR count). The van der Waals surface area contributed by atoms with Crippen LogP contribution in [-0.4, -0.2) is 17.2 Å². The SMILES string of the molecule is CN(Cc1ccc(Cl)s1)c1n[nH]c(=S)s1. The summed E-state index contributed by atoms with van der Waals surface area (Å²) in [6, 6.07) is 3.93. The molecule has 7 heteroatoms. The van der Waals surface area contributed by atoms with E-state index < -0.39 is 0 Å². The van der Waals surface area contributed by atoms with Gasteiger partial charge >= 0.3 is 0 Å². The average Bonchev–Trinajstić information content (AvgIpc) is 2.75. The summed E-state index contributed by atoms with van der Waals surface area (Å²) in [7, 11) is 1.98. The van der Waals surface area contributed by atoms with Gasteiger partial charge in [-0.3, -0.25) is 5.10 Å². The van der Waals surface area contributed by atoms with Crippen LogP contribution in [0.5, 0.6) is 0 Å². The zero-order valence-electron chi connectivity index (χ0n) is 7.86. The lowest BCUT2D eigenvalue weighted by molar-refractivity contribution is 0.905. The first-order valence-electron chi connectivity index (χ1n) is 4.16. The third-order valence-electron chi connectivity index (χ3n) is 1.78. The molecule has 0 saturated carbocycles. The highest BCUT2D eigenvalue weighted by molar-refractivity contribution is 7.73. The minimum Gasteiger partial charge on any atom is -0.345 e. The van der Waals surface area contributed by atoms with E-state index in [1.807, 2.05) is 24.1 Å². The third kappa shape index (κ3) is 2.78. The number of hydrogen-bond acceptors (Lipinski definition) is 5. The van der Waals surface area contributed by atoms with Crippen molar-refractivity contribution in [1.82, 2.24) is 10.2 Å². The van der Waals surface area contributed by atoms with Crippen molar-refractivity contribution in [2.75, 3.05) is 11.9 Å². The summed E-state index contributed by atoms with van der Waals surface area (Å²) in [6.07, 6.45) is 0. The van der Waals surface area contributed by atoms with Gasteiger partial charge in [-0.2, -0.15) is 0 Å². The van der Waals surface area contributed by atoms with E-state index in [0.29, 0.717) is 3.95 Å². The molecule has 0 unspecified atom stereocenters. The number of hydrogen-bond donors (Lipinski definition) is 1. The summed E-state index contributed by atoms with van der Waals surface area (Å²) in [5, 5.41) is 7.76. The minimum absolute atomic E-state index is 0.695. The van der Waals surface area contributed by atoms with Crippen LogP contribution in [0.2, 0.25) is 4.34 Å². The van der Waals surface area contributed by atoms with Gasteiger partial charge in [-0.05, 0) is 24.4 Å². The lowest BCUT2D eigenvalue weighted by atomic mass is 10.4. The van der Waals surface area contributed by atoms with Crippen LogP contribution in [-0.2, 0) is 6.54 Å². The number of halogens is 1. The van der Waals surface area contributed by atoms with Crippen LogP contribution in [0, 0.1) is 3.95 Å². The minimum atomic E-state index is 0.695.